The van der Waals surface area contributed by atoms with Crippen LogP contribution in [0.15, 0.2) is 0 Å². The molecule has 0 unspecified atom stereocenters. The van der Waals surface area contributed by atoms with E-state index in [9.17, 15) is 0 Å². The minimum Gasteiger partial charge on any atom is -0.384 e. The van der Waals surface area contributed by atoms with Crippen molar-refractivity contribution in [3.63, 3.8) is 0 Å². The molecule has 0 aromatic carbocycles. The first kappa shape index (κ1) is 20.4. The van der Waals surface area contributed by atoms with Crippen LogP contribution >= 0.6 is 0 Å². The molecule has 23 heavy (non-hydrogen) atoms. The Morgan fingerprint density at radius 1 is 0.609 bits per heavy atom. The zero-order chi connectivity index (χ0) is 16.9. The Labute approximate surface area is 143 Å². The van der Waals surface area contributed by atoms with Crippen LogP contribution in [0.25, 0.3) is 0 Å². The number of aliphatic hydroxyl groups is 1. The summed E-state index contributed by atoms with van der Waals surface area (Å²) in [7, 11) is 0. The van der Waals surface area contributed by atoms with Gasteiger partial charge in [0.25, 0.3) is 0 Å². The lowest BCUT2D eigenvalue weighted by Crippen LogP contribution is -2.45. The molecule has 0 radical (unpaired) electrons. The summed E-state index contributed by atoms with van der Waals surface area (Å²) in [4.78, 5) is 10.1. The molecule has 5 heteroatoms. The third-order valence-corrected chi connectivity index (χ3v) is 4.78. The zero-order valence-corrected chi connectivity index (χ0v) is 15.4. The van der Waals surface area contributed by atoms with Crippen molar-refractivity contribution in [1.29, 1.82) is 0 Å². The average molecular weight is 325 g/mol. The second kappa shape index (κ2) is 12.7. The highest BCUT2D eigenvalue weighted by molar-refractivity contribution is 5.01. The summed E-state index contributed by atoms with van der Waals surface area (Å²) in [6, 6.07) is 0. The van der Waals surface area contributed by atoms with E-state index >= 15 is 0 Å². The van der Waals surface area contributed by atoms with Crippen molar-refractivity contribution in [3.8, 4) is 11.8 Å². The van der Waals surface area contributed by atoms with Gasteiger partial charge in [-0.25, -0.2) is 0 Å². The summed E-state index contributed by atoms with van der Waals surface area (Å²) >= 11 is 0. The molecule has 1 N–H and O–H groups in total. The van der Waals surface area contributed by atoms with Gasteiger partial charge in [-0.05, 0) is 19.6 Å². The van der Waals surface area contributed by atoms with Crippen molar-refractivity contribution in [1.82, 2.24) is 19.6 Å². The van der Waals surface area contributed by atoms with Gasteiger partial charge in [0, 0.05) is 52.4 Å². The molecule has 0 aromatic heterocycles. The van der Waals surface area contributed by atoms with E-state index in [0.29, 0.717) is 0 Å². The van der Waals surface area contributed by atoms with Gasteiger partial charge in [0.15, 0.2) is 0 Å². The molecule has 0 saturated carbocycles. The normalized spacial score (nSPS) is 21.2. The molecule has 0 amide bonds. The molecule has 1 aliphatic rings. The Morgan fingerprint density at radius 2 is 0.957 bits per heavy atom. The van der Waals surface area contributed by atoms with Crippen molar-refractivity contribution in [3.05, 3.63) is 0 Å². The van der Waals surface area contributed by atoms with Gasteiger partial charge in [-0.15, -0.1) is 0 Å². The number of aliphatic hydroxyl groups excluding tert-OH is 1. The number of likely N-dealkylation sites (N-methyl/N-ethyl adjacent to an activating group) is 3. The molecule has 0 spiro atoms. The van der Waals surface area contributed by atoms with Gasteiger partial charge in [0.2, 0.25) is 0 Å². The summed E-state index contributed by atoms with van der Waals surface area (Å²) in [5.74, 6) is 5.86. The Balaban J connectivity index is 2.65. The van der Waals surface area contributed by atoms with E-state index in [4.69, 9.17) is 5.11 Å². The molecule has 1 aliphatic heterocycles. The quantitative estimate of drug-likeness (QED) is 0.751. The van der Waals surface area contributed by atoms with E-state index < -0.39 is 0 Å². The predicted molar refractivity (Wildman–Crippen MR) is 97.6 cm³/mol. The van der Waals surface area contributed by atoms with Crippen LogP contribution in [0.4, 0.5) is 0 Å². The van der Waals surface area contributed by atoms with Gasteiger partial charge in [-0.1, -0.05) is 32.6 Å². The van der Waals surface area contributed by atoms with Gasteiger partial charge in [0.1, 0.15) is 6.61 Å². The molecule has 5 nitrogen and oxygen atoms in total. The lowest BCUT2D eigenvalue weighted by molar-refractivity contribution is 0.146. The summed E-state index contributed by atoms with van der Waals surface area (Å²) in [6.07, 6.45) is 0. The fourth-order valence-electron chi connectivity index (χ4n) is 2.91. The summed E-state index contributed by atoms with van der Waals surface area (Å²) in [6.45, 7) is 19.7. The summed E-state index contributed by atoms with van der Waals surface area (Å²) in [5, 5.41) is 8.84. The Kier molecular flexibility index (Phi) is 11.3. The van der Waals surface area contributed by atoms with Gasteiger partial charge >= 0.3 is 0 Å². The molecule has 1 heterocycles. The topological polar surface area (TPSA) is 33.2 Å². The standard InChI is InChI=1S/C18H36N4O/c1-4-19-10-12-20(5-2)14-16-22(9-7-8-18-23)17-15-21(6-3)13-11-19/h23H,4-6,9-18H2,1-3H3. The first-order chi connectivity index (χ1) is 11.2. The van der Waals surface area contributed by atoms with Crippen LogP contribution in [0.5, 0.6) is 0 Å². The largest absolute Gasteiger partial charge is 0.384 e. The van der Waals surface area contributed by atoms with Crippen LogP contribution in [0, 0.1) is 11.8 Å². The van der Waals surface area contributed by atoms with E-state index in [1.165, 1.54) is 0 Å². The van der Waals surface area contributed by atoms with E-state index in [2.05, 4.69) is 52.2 Å². The van der Waals surface area contributed by atoms with Gasteiger partial charge in [0.05, 0.1) is 6.54 Å². The predicted octanol–water partition coefficient (Wildman–Crippen LogP) is 0.263. The molecule has 0 aromatic rings. The third kappa shape index (κ3) is 8.69. The van der Waals surface area contributed by atoms with E-state index in [-0.39, 0.29) is 6.61 Å². The van der Waals surface area contributed by atoms with Crippen molar-refractivity contribution in [2.45, 2.75) is 20.8 Å². The van der Waals surface area contributed by atoms with Gasteiger partial charge in [-0.2, -0.15) is 0 Å². The fraction of sp³-hybridized carbons (Fsp3) is 0.889. The first-order valence-electron chi connectivity index (χ1n) is 9.19. The SMILES string of the molecule is CCN1CCN(CC)CCN(CC#CCO)CCN(CC)CC1. The second-order valence-electron chi connectivity index (χ2n) is 6.09. The van der Waals surface area contributed by atoms with E-state index in [0.717, 1.165) is 78.5 Å². The average Bonchev–Trinajstić information content (AvgIpc) is 2.57. The Hall–Kier alpha value is -0.640. The molecule has 1 saturated heterocycles. The van der Waals surface area contributed by atoms with E-state index in [1.54, 1.807) is 0 Å². The Bertz CT molecular complexity index is 333. The van der Waals surface area contributed by atoms with Crippen LogP contribution in [-0.2, 0) is 0 Å². The van der Waals surface area contributed by atoms with Gasteiger partial charge in [-0.3, -0.25) is 4.90 Å². The minimum absolute atomic E-state index is 0.0388. The number of rotatable bonds is 4. The van der Waals surface area contributed by atoms with Crippen molar-refractivity contribution in [2.75, 3.05) is 85.1 Å². The van der Waals surface area contributed by atoms with Crippen LogP contribution in [0.3, 0.4) is 0 Å². The number of nitrogens with zero attached hydrogens (tertiary/aromatic N) is 4. The van der Waals surface area contributed by atoms with Crippen LogP contribution in [0.2, 0.25) is 0 Å². The maximum Gasteiger partial charge on any atom is 0.104 e. The highest BCUT2D eigenvalue weighted by atomic mass is 16.2. The van der Waals surface area contributed by atoms with Crippen molar-refractivity contribution in [2.24, 2.45) is 0 Å². The van der Waals surface area contributed by atoms with Crippen molar-refractivity contribution >= 4 is 0 Å². The fourth-order valence-corrected chi connectivity index (χ4v) is 2.91. The molecule has 0 aliphatic carbocycles. The zero-order valence-electron chi connectivity index (χ0n) is 15.4. The monoisotopic (exact) mass is 324 g/mol. The number of hydrogen-bond acceptors (Lipinski definition) is 5. The summed E-state index contributed by atoms with van der Waals surface area (Å²) in [5.41, 5.74) is 0. The maximum atomic E-state index is 8.84. The smallest absolute Gasteiger partial charge is 0.104 e. The third-order valence-electron chi connectivity index (χ3n) is 4.78. The highest BCUT2D eigenvalue weighted by Crippen LogP contribution is 2.00. The van der Waals surface area contributed by atoms with Crippen molar-refractivity contribution < 1.29 is 5.11 Å². The molecular weight excluding hydrogens is 288 g/mol. The molecule has 1 rings (SSSR count). The number of hydrogen-bond donors (Lipinski definition) is 1. The Morgan fingerprint density at radius 3 is 1.26 bits per heavy atom. The molecule has 0 bridgehead atoms. The molecule has 0 atom stereocenters. The molecule has 134 valence electrons. The van der Waals surface area contributed by atoms with Crippen LogP contribution < -0.4 is 0 Å². The second-order valence-corrected chi connectivity index (χ2v) is 6.09. The lowest BCUT2D eigenvalue weighted by Gasteiger charge is -2.32. The van der Waals surface area contributed by atoms with Gasteiger partial charge < -0.3 is 19.8 Å². The first-order valence-corrected chi connectivity index (χ1v) is 9.19. The van der Waals surface area contributed by atoms with Crippen LogP contribution in [0.1, 0.15) is 20.8 Å². The lowest BCUT2D eigenvalue weighted by atomic mass is 10.3. The minimum atomic E-state index is -0.0388. The summed E-state index contributed by atoms with van der Waals surface area (Å²) < 4.78 is 0. The molecule has 1 fully saturated rings. The molecular formula is C18H36N4O. The highest BCUT2D eigenvalue weighted by Gasteiger charge is 2.13. The van der Waals surface area contributed by atoms with E-state index in [1.807, 2.05) is 0 Å². The maximum absolute atomic E-state index is 8.84. The van der Waals surface area contributed by atoms with Crippen LogP contribution in [-0.4, -0.2) is 110 Å².